The van der Waals surface area contributed by atoms with Gasteiger partial charge in [0.25, 0.3) is 0 Å². The number of hydrogen-bond donors (Lipinski definition) is 2. The Morgan fingerprint density at radius 1 is 1.07 bits per heavy atom. The molecule has 10 heteroatoms. The molecule has 0 radical (unpaired) electrons. The van der Waals surface area contributed by atoms with Crippen molar-refractivity contribution in [1.82, 2.24) is 15.1 Å². The number of cyclic esters (lactones) is 1. The average molecular weight is 622 g/mol. The van der Waals surface area contributed by atoms with Crippen LogP contribution < -0.4 is 5.32 Å². The minimum Gasteiger partial charge on any atom is -0.455 e. The van der Waals surface area contributed by atoms with E-state index < -0.39 is 65.2 Å². The van der Waals surface area contributed by atoms with Crippen LogP contribution in [0.5, 0.6) is 0 Å². The van der Waals surface area contributed by atoms with Crippen molar-refractivity contribution in [1.29, 1.82) is 0 Å². The SMILES string of the molecule is CC(C)C[C@H](CO)N1C(=O)[C@@H]2[C@H]3C(=O)O[C@H](c4ccccc4)[C@@H](C)NC(=O)CC/C=C\[C@H]3O[C@@]23C=CCN(C(C)(C)C)C(=O)[C@@H]13. The van der Waals surface area contributed by atoms with Crippen LogP contribution in [0.1, 0.15) is 72.5 Å². The second kappa shape index (κ2) is 12.7. The van der Waals surface area contributed by atoms with Crippen molar-refractivity contribution in [2.24, 2.45) is 17.8 Å². The zero-order chi connectivity index (χ0) is 32.7. The molecule has 2 saturated heterocycles. The van der Waals surface area contributed by atoms with Crippen molar-refractivity contribution < 1.29 is 33.8 Å². The third kappa shape index (κ3) is 6.06. The summed E-state index contributed by atoms with van der Waals surface area (Å²) in [7, 11) is 0. The lowest BCUT2D eigenvalue weighted by Crippen LogP contribution is -2.60. The minimum atomic E-state index is -1.46. The highest BCUT2D eigenvalue weighted by molar-refractivity contribution is 5.99. The highest BCUT2D eigenvalue weighted by Gasteiger charge is 2.72. The van der Waals surface area contributed by atoms with Crippen molar-refractivity contribution in [3.63, 3.8) is 0 Å². The molecule has 1 aromatic rings. The van der Waals surface area contributed by atoms with E-state index in [0.29, 0.717) is 24.9 Å². The fourth-order valence-electron chi connectivity index (χ4n) is 7.46. The normalized spacial score (nSPS) is 33.8. The van der Waals surface area contributed by atoms with Gasteiger partial charge in [0.05, 0.1) is 30.7 Å². The molecule has 0 unspecified atom stereocenters. The van der Waals surface area contributed by atoms with Crippen molar-refractivity contribution in [2.75, 3.05) is 13.2 Å². The van der Waals surface area contributed by atoms with E-state index in [0.717, 1.165) is 0 Å². The number of aliphatic hydroxyl groups is 1. The number of carbonyl (C=O) groups is 4. The highest BCUT2D eigenvalue weighted by Crippen LogP contribution is 2.54. The number of aliphatic hydroxyl groups excluding tert-OH is 1. The van der Waals surface area contributed by atoms with Gasteiger partial charge in [-0.25, -0.2) is 0 Å². The minimum absolute atomic E-state index is 0.132. The topological polar surface area (TPSA) is 125 Å². The van der Waals surface area contributed by atoms with Crippen LogP contribution in [0.4, 0.5) is 0 Å². The molecule has 10 nitrogen and oxygen atoms in total. The number of carbonyl (C=O) groups excluding carboxylic acids is 4. The predicted molar refractivity (Wildman–Crippen MR) is 167 cm³/mol. The Hall–Kier alpha value is -3.50. The maximum atomic E-state index is 14.7. The summed E-state index contributed by atoms with van der Waals surface area (Å²) >= 11 is 0. The monoisotopic (exact) mass is 621 g/mol. The fourth-order valence-corrected chi connectivity index (χ4v) is 7.46. The van der Waals surface area contributed by atoms with Crippen LogP contribution in [-0.4, -0.2) is 87.1 Å². The number of likely N-dealkylation sites (tertiary alicyclic amines) is 1. The van der Waals surface area contributed by atoms with Crippen LogP contribution >= 0.6 is 0 Å². The summed E-state index contributed by atoms with van der Waals surface area (Å²) in [5, 5.41) is 13.5. The van der Waals surface area contributed by atoms with E-state index in [2.05, 4.69) is 5.32 Å². The van der Waals surface area contributed by atoms with E-state index in [1.54, 1.807) is 30.1 Å². The lowest BCUT2D eigenvalue weighted by atomic mass is 9.77. The van der Waals surface area contributed by atoms with E-state index in [1.165, 1.54) is 4.90 Å². The van der Waals surface area contributed by atoms with Crippen LogP contribution in [0.2, 0.25) is 0 Å². The molecule has 0 saturated carbocycles. The van der Waals surface area contributed by atoms with Gasteiger partial charge < -0.3 is 29.7 Å². The molecule has 0 bridgehead atoms. The van der Waals surface area contributed by atoms with E-state index in [-0.39, 0.29) is 30.8 Å². The third-order valence-corrected chi connectivity index (χ3v) is 9.44. The molecular weight excluding hydrogens is 574 g/mol. The molecule has 244 valence electrons. The number of esters is 1. The molecule has 1 aromatic carbocycles. The number of rotatable bonds is 5. The van der Waals surface area contributed by atoms with Crippen LogP contribution in [-0.2, 0) is 28.7 Å². The summed E-state index contributed by atoms with van der Waals surface area (Å²) in [6, 6.07) is 6.92. The summed E-state index contributed by atoms with van der Waals surface area (Å²) < 4.78 is 13.0. The first-order valence-electron chi connectivity index (χ1n) is 16.1. The van der Waals surface area contributed by atoms with Gasteiger partial charge in [0.1, 0.15) is 23.7 Å². The molecule has 1 spiro atoms. The second-order valence-corrected chi connectivity index (χ2v) is 14.2. The van der Waals surface area contributed by atoms with Crippen LogP contribution in [0, 0.1) is 17.8 Å². The Morgan fingerprint density at radius 2 is 1.78 bits per heavy atom. The van der Waals surface area contributed by atoms with Crippen LogP contribution in [0.3, 0.4) is 0 Å². The van der Waals surface area contributed by atoms with E-state index in [1.807, 2.05) is 71.0 Å². The number of amides is 3. The Morgan fingerprint density at radius 3 is 2.42 bits per heavy atom. The summed E-state index contributed by atoms with van der Waals surface area (Å²) in [6.07, 6.45) is 6.58. The van der Waals surface area contributed by atoms with Gasteiger partial charge in [0.15, 0.2) is 0 Å². The molecule has 2 fully saturated rings. The standard InChI is InChI=1S/C35H47N3O7/c1-21(2)19-24(20-39)38-30-32(42)37(34(4,5)6)18-12-17-35(30)28(31(38)41)27-25(45-35)15-10-11-16-26(40)36-22(3)29(44-33(27)43)23-13-8-7-9-14-23/h7-10,12-15,17,21-22,24-25,27-30,39H,11,16,18-20H2,1-6H3,(H,36,40)/b15-10-/t22-,24-,25-,27+,28+,29+,30-,35+/m1/s1. The number of benzene rings is 1. The van der Waals surface area contributed by atoms with Crippen LogP contribution in [0.25, 0.3) is 0 Å². The van der Waals surface area contributed by atoms with Gasteiger partial charge in [-0.1, -0.05) is 68.5 Å². The van der Waals surface area contributed by atoms with E-state index >= 15 is 0 Å². The maximum Gasteiger partial charge on any atom is 0.313 e. The fraction of sp³-hybridized carbons (Fsp3) is 0.600. The number of ether oxygens (including phenoxy) is 2. The average Bonchev–Trinajstić information content (AvgIpc) is 3.36. The molecular formula is C35H47N3O7. The van der Waals surface area contributed by atoms with Gasteiger partial charge >= 0.3 is 5.97 Å². The predicted octanol–water partition coefficient (Wildman–Crippen LogP) is 3.31. The van der Waals surface area contributed by atoms with Gasteiger partial charge in [-0.3, -0.25) is 19.2 Å². The number of nitrogens with one attached hydrogen (secondary N) is 1. The molecule has 4 aliphatic rings. The van der Waals surface area contributed by atoms with Crippen molar-refractivity contribution >= 4 is 23.7 Å². The largest absolute Gasteiger partial charge is 0.455 e. The lowest BCUT2D eigenvalue weighted by molar-refractivity contribution is -0.162. The Balaban J connectivity index is 1.64. The maximum absolute atomic E-state index is 14.7. The first-order valence-corrected chi connectivity index (χ1v) is 16.1. The molecule has 8 atom stereocenters. The summed E-state index contributed by atoms with van der Waals surface area (Å²) in [6.45, 7) is 11.6. The third-order valence-electron chi connectivity index (χ3n) is 9.44. The molecule has 2 N–H and O–H groups in total. The quantitative estimate of drug-likeness (QED) is 0.382. The number of hydrogen-bond acceptors (Lipinski definition) is 7. The van der Waals surface area contributed by atoms with Crippen molar-refractivity contribution in [2.45, 2.75) is 102 Å². The van der Waals surface area contributed by atoms with Gasteiger partial charge in [-0.2, -0.15) is 0 Å². The number of nitrogens with zero attached hydrogens (tertiary/aromatic N) is 2. The first-order chi connectivity index (χ1) is 21.3. The smallest absolute Gasteiger partial charge is 0.313 e. The van der Waals surface area contributed by atoms with E-state index in [4.69, 9.17) is 9.47 Å². The first kappa shape index (κ1) is 32.9. The molecule has 0 aromatic heterocycles. The van der Waals surface area contributed by atoms with Gasteiger partial charge in [0.2, 0.25) is 17.7 Å². The van der Waals surface area contributed by atoms with Gasteiger partial charge in [-0.05, 0) is 52.0 Å². The Kier molecular flexibility index (Phi) is 9.29. The zero-order valence-electron chi connectivity index (χ0n) is 27.1. The molecule has 0 aliphatic carbocycles. The molecule has 5 rings (SSSR count). The summed E-state index contributed by atoms with van der Waals surface area (Å²) in [5.41, 5.74) is -1.31. The van der Waals surface area contributed by atoms with Gasteiger partial charge in [0, 0.05) is 18.5 Å². The lowest BCUT2D eigenvalue weighted by Gasteiger charge is -2.42. The molecule has 45 heavy (non-hydrogen) atoms. The highest BCUT2D eigenvalue weighted by atomic mass is 16.6. The van der Waals surface area contributed by atoms with Crippen LogP contribution in [0.15, 0.2) is 54.6 Å². The number of fused-ring (bicyclic) bond motifs is 2. The van der Waals surface area contributed by atoms with Crippen molar-refractivity contribution in [3.05, 3.63) is 60.2 Å². The summed E-state index contributed by atoms with van der Waals surface area (Å²) in [5.74, 6) is -3.50. The zero-order valence-corrected chi connectivity index (χ0v) is 27.1. The molecule has 4 heterocycles. The number of allylic oxidation sites excluding steroid dienone is 1. The Labute approximate surface area is 265 Å². The second-order valence-electron chi connectivity index (χ2n) is 14.2. The Bertz CT molecular complexity index is 1350. The van der Waals surface area contributed by atoms with Gasteiger partial charge in [-0.15, -0.1) is 0 Å². The van der Waals surface area contributed by atoms with Crippen molar-refractivity contribution in [3.8, 4) is 0 Å². The molecule has 3 amide bonds. The molecule has 4 aliphatic heterocycles. The van der Waals surface area contributed by atoms with E-state index in [9.17, 15) is 24.3 Å². The summed E-state index contributed by atoms with van der Waals surface area (Å²) in [4.78, 5) is 59.7.